The maximum atomic E-state index is 11.9. The molecule has 9 heteroatoms. The van der Waals surface area contributed by atoms with Gasteiger partial charge < -0.3 is 25.8 Å². The summed E-state index contributed by atoms with van der Waals surface area (Å²) < 4.78 is 4.97. The Balaban J connectivity index is 1.67. The molecule has 0 heterocycles. The highest BCUT2D eigenvalue weighted by molar-refractivity contribution is 5.89. The maximum Gasteiger partial charge on any atom is 0.407 e. The molecule has 0 aromatic heterocycles. The van der Waals surface area contributed by atoms with Crippen molar-refractivity contribution < 1.29 is 29.0 Å². The Kier molecular flexibility index (Phi) is 8.85. The second-order valence-electron chi connectivity index (χ2n) is 6.34. The molecule has 0 bridgehead atoms. The molecule has 9 nitrogen and oxygen atoms in total. The molecule has 3 amide bonds. The van der Waals surface area contributed by atoms with Gasteiger partial charge in [0, 0.05) is 6.42 Å². The predicted molar refractivity (Wildman–Crippen MR) is 107 cm³/mol. The molecule has 4 N–H and O–H groups in total. The number of nitrogens with one attached hydrogen (secondary N) is 3. The standard InChI is InChI=1S/C21H23N3O6/c25-18(12-23-21(29)30-14-16-9-5-2-6-10-16)22-13-19(26)24-17(20(27)28)11-15-7-3-1-4-8-15/h1-10,17H,11-14H2,(H,22,25)(H,23,29)(H,24,26)(H,27,28)/t17-/m0/s1. The van der Waals surface area contributed by atoms with Crippen molar-refractivity contribution in [3.63, 3.8) is 0 Å². The van der Waals surface area contributed by atoms with Crippen LogP contribution in [0.5, 0.6) is 0 Å². The average molecular weight is 413 g/mol. The number of carbonyl (C=O) groups is 4. The molecule has 0 spiro atoms. The quantitative estimate of drug-likeness (QED) is 0.456. The van der Waals surface area contributed by atoms with Crippen LogP contribution >= 0.6 is 0 Å². The number of rotatable bonds is 10. The molecular formula is C21H23N3O6. The maximum absolute atomic E-state index is 11.9. The smallest absolute Gasteiger partial charge is 0.407 e. The largest absolute Gasteiger partial charge is 0.480 e. The molecular weight excluding hydrogens is 390 g/mol. The van der Waals surface area contributed by atoms with E-state index in [2.05, 4.69) is 16.0 Å². The molecule has 30 heavy (non-hydrogen) atoms. The Morgan fingerprint density at radius 3 is 1.97 bits per heavy atom. The summed E-state index contributed by atoms with van der Waals surface area (Å²) in [5.74, 6) is -2.45. The summed E-state index contributed by atoms with van der Waals surface area (Å²) in [4.78, 5) is 46.7. The van der Waals surface area contributed by atoms with E-state index in [1.807, 2.05) is 18.2 Å². The predicted octanol–water partition coefficient (Wildman–Crippen LogP) is 0.841. The Labute approximate surface area is 173 Å². The molecule has 158 valence electrons. The number of carbonyl (C=O) groups excluding carboxylic acids is 3. The molecule has 0 saturated heterocycles. The van der Waals surface area contributed by atoms with Crippen LogP contribution in [0.25, 0.3) is 0 Å². The molecule has 0 aliphatic heterocycles. The molecule has 0 saturated carbocycles. The van der Waals surface area contributed by atoms with Crippen molar-refractivity contribution in [2.24, 2.45) is 0 Å². The second kappa shape index (κ2) is 11.8. The Hall–Kier alpha value is -3.88. The van der Waals surface area contributed by atoms with Crippen molar-refractivity contribution in [1.29, 1.82) is 0 Å². The summed E-state index contributed by atoms with van der Waals surface area (Å²) in [7, 11) is 0. The number of hydrogen-bond acceptors (Lipinski definition) is 5. The van der Waals surface area contributed by atoms with E-state index in [1.165, 1.54) is 0 Å². The number of hydrogen-bond donors (Lipinski definition) is 4. The van der Waals surface area contributed by atoms with Crippen LogP contribution in [0.1, 0.15) is 11.1 Å². The van der Waals surface area contributed by atoms with Crippen LogP contribution in [-0.4, -0.2) is 48.1 Å². The monoisotopic (exact) mass is 413 g/mol. The lowest BCUT2D eigenvalue weighted by atomic mass is 10.1. The highest BCUT2D eigenvalue weighted by Gasteiger charge is 2.20. The SMILES string of the molecule is O=C(CNC(=O)OCc1ccccc1)NCC(=O)N[C@@H](Cc1ccccc1)C(=O)O. The van der Waals surface area contributed by atoms with Crippen molar-refractivity contribution >= 4 is 23.9 Å². The number of benzene rings is 2. The Bertz CT molecular complexity index is 858. The number of aliphatic carboxylic acids is 1. The summed E-state index contributed by atoms with van der Waals surface area (Å²) in [5, 5.41) is 16.2. The molecule has 0 fully saturated rings. The zero-order valence-corrected chi connectivity index (χ0v) is 16.2. The number of ether oxygens (including phenoxy) is 1. The minimum Gasteiger partial charge on any atom is -0.480 e. The van der Waals surface area contributed by atoms with E-state index in [0.29, 0.717) is 0 Å². The van der Waals surface area contributed by atoms with Gasteiger partial charge in [-0.2, -0.15) is 0 Å². The Morgan fingerprint density at radius 1 is 0.800 bits per heavy atom. The normalized spacial score (nSPS) is 11.1. The van der Waals surface area contributed by atoms with Crippen LogP contribution in [0.2, 0.25) is 0 Å². The molecule has 2 rings (SSSR count). The van der Waals surface area contributed by atoms with Crippen LogP contribution in [0, 0.1) is 0 Å². The lowest BCUT2D eigenvalue weighted by Gasteiger charge is -2.15. The third kappa shape index (κ3) is 8.42. The number of carboxylic acids is 1. The fraction of sp³-hybridized carbons (Fsp3) is 0.238. The third-order valence-corrected chi connectivity index (χ3v) is 3.97. The number of alkyl carbamates (subject to hydrolysis) is 1. The van der Waals surface area contributed by atoms with Gasteiger partial charge in [0.05, 0.1) is 6.54 Å². The van der Waals surface area contributed by atoms with Gasteiger partial charge in [-0.15, -0.1) is 0 Å². The molecule has 0 unspecified atom stereocenters. The van der Waals surface area contributed by atoms with Gasteiger partial charge in [-0.05, 0) is 11.1 Å². The zero-order chi connectivity index (χ0) is 21.8. The molecule has 2 aromatic rings. The van der Waals surface area contributed by atoms with Gasteiger partial charge in [-0.25, -0.2) is 9.59 Å². The van der Waals surface area contributed by atoms with Gasteiger partial charge in [0.15, 0.2) is 0 Å². The molecule has 2 aromatic carbocycles. The first kappa shape index (κ1) is 22.4. The van der Waals surface area contributed by atoms with E-state index >= 15 is 0 Å². The number of carboxylic acid groups (broad SMARTS) is 1. The van der Waals surface area contributed by atoms with Gasteiger partial charge in [0.1, 0.15) is 19.2 Å². The highest BCUT2D eigenvalue weighted by atomic mass is 16.5. The van der Waals surface area contributed by atoms with Gasteiger partial charge >= 0.3 is 12.1 Å². The van der Waals surface area contributed by atoms with E-state index in [0.717, 1.165) is 11.1 Å². The van der Waals surface area contributed by atoms with Gasteiger partial charge in [-0.3, -0.25) is 9.59 Å². The van der Waals surface area contributed by atoms with Crippen LogP contribution < -0.4 is 16.0 Å². The van der Waals surface area contributed by atoms with E-state index in [9.17, 15) is 24.3 Å². The fourth-order valence-corrected chi connectivity index (χ4v) is 2.46. The minimum absolute atomic E-state index is 0.0642. The van der Waals surface area contributed by atoms with Gasteiger partial charge in [0.2, 0.25) is 11.8 Å². The van der Waals surface area contributed by atoms with Crippen LogP contribution in [-0.2, 0) is 32.1 Å². The van der Waals surface area contributed by atoms with E-state index in [1.54, 1.807) is 42.5 Å². The van der Waals surface area contributed by atoms with Crippen LogP contribution in [0.4, 0.5) is 4.79 Å². The summed E-state index contributed by atoms with van der Waals surface area (Å²) in [6.45, 7) is -0.736. The summed E-state index contributed by atoms with van der Waals surface area (Å²) in [5.41, 5.74) is 1.56. The van der Waals surface area contributed by atoms with Crippen LogP contribution in [0.3, 0.4) is 0 Å². The summed E-state index contributed by atoms with van der Waals surface area (Å²) >= 11 is 0. The first-order valence-electron chi connectivity index (χ1n) is 9.21. The number of amides is 3. The zero-order valence-electron chi connectivity index (χ0n) is 16.2. The molecule has 0 radical (unpaired) electrons. The van der Waals surface area contributed by atoms with Crippen LogP contribution in [0.15, 0.2) is 60.7 Å². The lowest BCUT2D eigenvalue weighted by Crippen LogP contribution is -2.47. The van der Waals surface area contributed by atoms with E-state index in [4.69, 9.17) is 4.74 Å². The summed E-state index contributed by atoms with van der Waals surface area (Å²) in [6.07, 6.45) is -0.655. The highest BCUT2D eigenvalue weighted by Crippen LogP contribution is 2.03. The van der Waals surface area contributed by atoms with Gasteiger partial charge in [-0.1, -0.05) is 60.7 Å². The van der Waals surface area contributed by atoms with E-state index < -0.39 is 36.5 Å². The van der Waals surface area contributed by atoms with Crippen molar-refractivity contribution in [3.8, 4) is 0 Å². The fourth-order valence-electron chi connectivity index (χ4n) is 2.46. The first-order chi connectivity index (χ1) is 14.4. The topological polar surface area (TPSA) is 134 Å². The minimum atomic E-state index is -1.18. The van der Waals surface area contributed by atoms with Crippen molar-refractivity contribution in [2.75, 3.05) is 13.1 Å². The second-order valence-corrected chi connectivity index (χ2v) is 6.34. The van der Waals surface area contributed by atoms with Crippen molar-refractivity contribution in [1.82, 2.24) is 16.0 Å². The molecule has 0 aliphatic carbocycles. The first-order valence-corrected chi connectivity index (χ1v) is 9.21. The van der Waals surface area contributed by atoms with Crippen molar-refractivity contribution in [3.05, 3.63) is 71.8 Å². The average Bonchev–Trinajstić information content (AvgIpc) is 2.75. The van der Waals surface area contributed by atoms with E-state index in [-0.39, 0.29) is 19.6 Å². The molecule has 1 atom stereocenters. The molecule has 0 aliphatic rings. The summed E-state index contributed by atoms with van der Waals surface area (Å²) in [6, 6.07) is 16.8. The third-order valence-electron chi connectivity index (χ3n) is 3.97. The lowest BCUT2D eigenvalue weighted by molar-refractivity contribution is -0.141. The Morgan fingerprint density at radius 2 is 1.37 bits per heavy atom. The van der Waals surface area contributed by atoms with Crippen molar-refractivity contribution in [2.45, 2.75) is 19.1 Å². The van der Waals surface area contributed by atoms with Gasteiger partial charge in [0.25, 0.3) is 0 Å².